The van der Waals surface area contributed by atoms with Gasteiger partial charge in [0, 0.05) is 30.4 Å². The summed E-state index contributed by atoms with van der Waals surface area (Å²) in [5, 5.41) is 4.77. The highest BCUT2D eigenvalue weighted by atomic mass is 19.1. The van der Waals surface area contributed by atoms with Gasteiger partial charge in [-0.3, -0.25) is 4.79 Å². The molecule has 2 aromatic carbocycles. The number of hydrogen-bond acceptors (Lipinski definition) is 4. The average Bonchev–Trinajstić information content (AvgIpc) is 2.68. The predicted molar refractivity (Wildman–Crippen MR) is 98.1 cm³/mol. The predicted octanol–water partition coefficient (Wildman–Crippen LogP) is 3.59. The number of carbonyl (C=O) groups excluding carboxylic acids is 1. The SMILES string of the molecule is O=C(c1cnc(Nc2cccc(F)c2)c2ccccc12)N1CCOCC1. The highest BCUT2D eigenvalue weighted by Gasteiger charge is 2.21. The Morgan fingerprint density at radius 3 is 2.62 bits per heavy atom. The van der Waals surface area contributed by atoms with Crippen LogP contribution in [-0.4, -0.2) is 42.1 Å². The molecule has 132 valence electrons. The van der Waals surface area contributed by atoms with Crippen molar-refractivity contribution < 1.29 is 13.9 Å². The number of nitrogens with one attached hydrogen (secondary N) is 1. The summed E-state index contributed by atoms with van der Waals surface area (Å²) < 4.78 is 18.8. The molecule has 5 nitrogen and oxygen atoms in total. The van der Waals surface area contributed by atoms with Crippen molar-refractivity contribution >= 4 is 28.2 Å². The first kappa shape index (κ1) is 16.5. The number of carbonyl (C=O) groups is 1. The monoisotopic (exact) mass is 351 g/mol. The van der Waals surface area contributed by atoms with Gasteiger partial charge in [0.2, 0.25) is 0 Å². The molecule has 0 radical (unpaired) electrons. The molecule has 6 heteroatoms. The van der Waals surface area contributed by atoms with Crippen LogP contribution in [0.1, 0.15) is 10.4 Å². The zero-order chi connectivity index (χ0) is 17.9. The Labute approximate surface area is 150 Å². The van der Waals surface area contributed by atoms with Crippen LogP contribution in [0.2, 0.25) is 0 Å². The lowest BCUT2D eigenvalue weighted by molar-refractivity contribution is 0.0304. The molecule has 0 saturated carbocycles. The summed E-state index contributed by atoms with van der Waals surface area (Å²) in [6.07, 6.45) is 1.59. The molecule has 0 aliphatic carbocycles. The number of anilines is 2. The Morgan fingerprint density at radius 2 is 1.85 bits per heavy atom. The molecule has 1 aromatic heterocycles. The lowest BCUT2D eigenvalue weighted by Crippen LogP contribution is -2.40. The number of fused-ring (bicyclic) bond motifs is 1. The largest absolute Gasteiger partial charge is 0.378 e. The topological polar surface area (TPSA) is 54.5 Å². The van der Waals surface area contributed by atoms with Gasteiger partial charge in [0.05, 0.1) is 18.8 Å². The van der Waals surface area contributed by atoms with Crippen molar-refractivity contribution in [2.24, 2.45) is 0 Å². The minimum absolute atomic E-state index is 0.0469. The van der Waals surface area contributed by atoms with Gasteiger partial charge in [0.25, 0.3) is 5.91 Å². The van der Waals surface area contributed by atoms with Crippen LogP contribution < -0.4 is 5.32 Å². The van der Waals surface area contributed by atoms with E-state index in [9.17, 15) is 9.18 Å². The maximum absolute atomic E-state index is 13.4. The van der Waals surface area contributed by atoms with Crippen molar-refractivity contribution in [1.29, 1.82) is 0 Å². The molecule has 0 bridgehead atoms. The molecular formula is C20H18FN3O2. The van der Waals surface area contributed by atoms with Crippen LogP contribution >= 0.6 is 0 Å². The molecule has 1 aliphatic rings. The summed E-state index contributed by atoms with van der Waals surface area (Å²) in [5.74, 6) is 0.220. The second-order valence-corrected chi connectivity index (χ2v) is 6.11. The summed E-state index contributed by atoms with van der Waals surface area (Å²) in [7, 11) is 0. The number of halogens is 1. The van der Waals surface area contributed by atoms with E-state index in [1.54, 1.807) is 23.2 Å². The molecule has 2 heterocycles. The van der Waals surface area contributed by atoms with E-state index >= 15 is 0 Å². The van der Waals surface area contributed by atoms with Gasteiger partial charge < -0.3 is 15.0 Å². The maximum Gasteiger partial charge on any atom is 0.256 e. The number of ether oxygens (including phenoxy) is 1. The molecule has 0 spiro atoms. The van der Waals surface area contributed by atoms with Crippen molar-refractivity contribution in [3.8, 4) is 0 Å². The lowest BCUT2D eigenvalue weighted by Gasteiger charge is -2.27. The number of amides is 1. The molecule has 0 atom stereocenters. The van der Waals surface area contributed by atoms with E-state index in [2.05, 4.69) is 10.3 Å². The lowest BCUT2D eigenvalue weighted by atomic mass is 10.1. The minimum Gasteiger partial charge on any atom is -0.378 e. The number of hydrogen-bond donors (Lipinski definition) is 1. The van der Waals surface area contributed by atoms with Gasteiger partial charge in [-0.2, -0.15) is 0 Å². The second-order valence-electron chi connectivity index (χ2n) is 6.11. The minimum atomic E-state index is -0.321. The fourth-order valence-electron chi connectivity index (χ4n) is 3.10. The van der Waals surface area contributed by atoms with Gasteiger partial charge in [0.15, 0.2) is 0 Å². The van der Waals surface area contributed by atoms with E-state index in [1.165, 1.54) is 12.1 Å². The third-order valence-electron chi connectivity index (χ3n) is 4.41. The summed E-state index contributed by atoms with van der Waals surface area (Å²) in [5.41, 5.74) is 1.17. The molecule has 1 fully saturated rings. The summed E-state index contributed by atoms with van der Waals surface area (Å²) in [6, 6.07) is 13.8. The van der Waals surface area contributed by atoms with E-state index in [0.29, 0.717) is 43.4 Å². The number of rotatable bonds is 3. The first-order valence-electron chi connectivity index (χ1n) is 8.50. The Balaban J connectivity index is 1.72. The highest BCUT2D eigenvalue weighted by molar-refractivity contribution is 6.09. The molecular weight excluding hydrogens is 333 g/mol. The van der Waals surface area contributed by atoms with E-state index in [-0.39, 0.29) is 11.7 Å². The van der Waals surface area contributed by atoms with Crippen LogP contribution in [0.15, 0.2) is 54.7 Å². The number of nitrogens with zero attached hydrogens (tertiary/aromatic N) is 2. The normalized spacial score (nSPS) is 14.4. The van der Waals surface area contributed by atoms with Gasteiger partial charge in [0.1, 0.15) is 11.6 Å². The third kappa shape index (κ3) is 3.23. The first-order valence-corrected chi connectivity index (χ1v) is 8.50. The summed E-state index contributed by atoms with van der Waals surface area (Å²) in [6.45, 7) is 2.26. The van der Waals surface area contributed by atoms with Crippen molar-refractivity contribution in [2.75, 3.05) is 31.6 Å². The molecule has 1 aliphatic heterocycles. The number of benzene rings is 2. The van der Waals surface area contributed by atoms with Crippen LogP contribution in [0.3, 0.4) is 0 Å². The Bertz CT molecular complexity index is 955. The Morgan fingerprint density at radius 1 is 1.08 bits per heavy atom. The molecule has 3 aromatic rings. The van der Waals surface area contributed by atoms with Gasteiger partial charge >= 0.3 is 0 Å². The number of aromatic nitrogens is 1. The van der Waals surface area contributed by atoms with Crippen molar-refractivity contribution in [2.45, 2.75) is 0 Å². The van der Waals surface area contributed by atoms with E-state index in [4.69, 9.17) is 4.74 Å². The number of morpholine rings is 1. The number of pyridine rings is 1. The third-order valence-corrected chi connectivity index (χ3v) is 4.41. The van der Waals surface area contributed by atoms with Gasteiger partial charge in [-0.15, -0.1) is 0 Å². The standard InChI is InChI=1S/C20H18FN3O2/c21-14-4-3-5-15(12-14)23-19-17-7-2-1-6-16(17)18(13-22-19)20(25)24-8-10-26-11-9-24/h1-7,12-13H,8-11H2,(H,22,23). The van der Waals surface area contributed by atoms with Gasteiger partial charge in [-0.25, -0.2) is 9.37 Å². The zero-order valence-corrected chi connectivity index (χ0v) is 14.1. The van der Waals surface area contributed by atoms with Crippen LogP contribution in [0.5, 0.6) is 0 Å². The molecule has 1 N–H and O–H groups in total. The summed E-state index contributed by atoms with van der Waals surface area (Å²) >= 11 is 0. The van der Waals surface area contributed by atoms with Crippen molar-refractivity contribution in [3.05, 3.63) is 66.1 Å². The first-order chi connectivity index (χ1) is 12.7. The van der Waals surface area contributed by atoms with E-state index in [1.807, 2.05) is 24.3 Å². The van der Waals surface area contributed by atoms with E-state index < -0.39 is 0 Å². The fraction of sp³-hybridized carbons (Fsp3) is 0.200. The molecule has 4 rings (SSSR count). The molecule has 1 saturated heterocycles. The van der Waals surface area contributed by atoms with Crippen molar-refractivity contribution in [1.82, 2.24) is 9.88 Å². The van der Waals surface area contributed by atoms with Crippen LogP contribution in [0.25, 0.3) is 10.8 Å². The highest BCUT2D eigenvalue weighted by Crippen LogP contribution is 2.28. The quantitative estimate of drug-likeness (QED) is 0.783. The smallest absolute Gasteiger partial charge is 0.256 e. The molecule has 26 heavy (non-hydrogen) atoms. The average molecular weight is 351 g/mol. The maximum atomic E-state index is 13.4. The fourth-order valence-corrected chi connectivity index (χ4v) is 3.10. The van der Waals surface area contributed by atoms with Crippen LogP contribution in [0.4, 0.5) is 15.9 Å². The van der Waals surface area contributed by atoms with Gasteiger partial charge in [-0.1, -0.05) is 30.3 Å². The Kier molecular flexibility index (Phi) is 4.50. The summed E-state index contributed by atoms with van der Waals surface area (Å²) in [4.78, 5) is 19.1. The second kappa shape index (κ2) is 7.09. The van der Waals surface area contributed by atoms with Gasteiger partial charge in [-0.05, 0) is 23.6 Å². The molecule has 0 unspecified atom stereocenters. The van der Waals surface area contributed by atoms with Crippen molar-refractivity contribution in [3.63, 3.8) is 0 Å². The molecule has 1 amide bonds. The van der Waals surface area contributed by atoms with E-state index in [0.717, 1.165) is 10.8 Å². The van der Waals surface area contributed by atoms with Crippen LogP contribution in [-0.2, 0) is 4.74 Å². The van der Waals surface area contributed by atoms with Crippen LogP contribution in [0, 0.1) is 5.82 Å². The zero-order valence-electron chi connectivity index (χ0n) is 14.1. The Hall–Kier alpha value is -2.99.